The molecule has 0 saturated carbocycles. The molecule has 134 valence electrons. The molecule has 2 aromatic rings. The molecule has 0 bridgehead atoms. The minimum Gasteiger partial charge on any atom is -0.306 e. The molecule has 1 unspecified atom stereocenters. The van der Waals surface area contributed by atoms with Crippen LogP contribution in [0.1, 0.15) is 41.1 Å². The first-order valence-corrected chi connectivity index (χ1v) is 9.22. The van der Waals surface area contributed by atoms with Crippen molar-refractivity contribution in [3.05, 3.63) is 74.0 Å². The highest BCUT2D eigenvalue weighted by atomic mass is 35.5. The van der Waals surface area contributed by atoms with Crippen molar-refractivity contribution >= 4 is 23.4 Å². The first kappa shape index (κ1) is 17.2. The number of hydrogen-bond donors (Lipinski definition) is 0. The average Bonchev–Trinajstić information content (AvgIpc) is 2.77. The van der Waals surface area contributed by atoms with E-state index in [-0.39, 0.29) is 16.5 Å². The van der Waals surface area contributed by atoms with E-state index in [2.05, 4.69) is 16.9 Å². The molecule has 1 fully saturated rings. The van der Waals surface area contributed by atoms with Gasteiger partial charge in [0.25, 0.3) is 5.70 Å². The summed E-state index contributed by atoms with van der Waals surface area (Å²) in [7, 11) is 2.13. The maximum absolute atomic E-state index is 11.8. The van der Waals surface area contributed by atoms with Crippen molar-refractivity contribution in [3.63, 3.8) is 0 Å². The molecule has 2 heterocycles. The van der Waals surface area contributed by atoms with Crippen LogP contribution in [0.25, 0.3) is 11.8 Å². The summed E-state index contributed by atoms with van der Waals surface area (Å²) in [4.78, 5) is 18.5. The van der Waals surface area contributed by atoms with Crippen LogP contribution in [-0.4, -0.2) is 34.9 Å². The number of likely N-dealkylation sites (tertiary alicyclic amines) is 1. The van der Waals surface area contributed by atoms with Gasteiger partial charge in [-0.1, -0.05) is 23.7 Å². The van der Waals surface area contributed by atoms with Crippen LogP contribution in [0.2, 0.25) is 5.02 Å². The Bertz CT molecular complexity index is 888. The molecule has 0 spiro atoms. The third-order valence-electron chi connectivity index (χ3n) is 5.52. The quantitative estimate of drug-likeness (QED) is 0.585. The molecular formula is C20H20ClN3O2. The second-order valence-corrected chi connectivity index (χ2v) is 7.55. The van der Waals surface area contributed by atoms with E-state index in [4.69, 9.17) is 11.6 Å². The summed E-state index contributed by atoms with van der Waals surface area (Å²) in [6.07, 6.45) is 5.52. The highest BCUT2D eigenvalue weighted by Crippen LogP contribution is 2.44. The minimum absolute atomic E-state index is 0.0425. The van der Waals surface area contributed by atoms with Gasteiger partial charge in [-0.3, -0.25) is 15.1 Å². The Morgan fingerprint density at radius 1 is 1.27 bits per heavy atom. The average molecular weight is 370 g/mol. The van der Waals surface area contributed by atoms with Crippen LogP contribution < -0.4 is 0 Å². The molecule has 2 aliphatic rings. The van der Waals surface area contributed by atoms with E-state index in [1.54, 1.807) is 18.3 Å². The zero-order chi connectivity index (χ0) is 18.3. The van der Waals surface area contributed by atoms with Crippen molar-refractivity contribution in [3.8, 4) is 0 Å². The van der Waals surface area contributed by atoms with Gasteiger partial charge in [-0.2, -0.15) is 0 Å². The molecule has 1 saturated heterocycles. The Labute approximate surface area is 157 Å². The lowest BCUT2D eigenvalue weighted by Crippen LogP contribution is -2.33. The highest BCUT2D eigenvalue weighted by Gasteiger charge is 2.36. The van der Waals surface area contributed by atoms with E-state index in [1.807, 2.05) is 24.3 Å². The van der Waals surface area contributed by atoms with Gasteiger partial charge in [-0.05, 0) is 62.7 Å². The second kappa shape index (κ2) is 6.82. The molecule has 1 aromatic carbocycles. The van der Waals surface area contributed by atoms with Crippen molar-refractivity contribution in [1.29, 1.82) is 0 Å². The lowest BCUT2D eigenvalue weighted by atomic mass is 9.76. The van der Waals surface area contributed by atoms with Gasteiger partial charge in [0.15, 0.2) is 0 Å². The fourth-order valence-corrected chi connectivity index (χ4v) is 4.37. The maximum atomic E-state index is 11.8. The van der Waals surface area contributed by atoms with Crippen LogP contribution in [0.15, 0.2) is 36.5 Å². The fourth-order valence-electron chi connectivity index (χ4n) is 4.20. The minimum atomic E-state index is -0.316. The van der Waals surface area contributed by atoms with Gasteiger partial charge in [-0.15, -0.1) is 0 Å². The fraction of sp³-hybridized carbons (Fsp3) is 0.350. The number of aromatic nitrogens is 1. The number of nitrogens with zero attached hydrogens (tertiary/aromatic N) is 3. The number of nitro groups is 1. The van der Waals surface area contributed by atoms with Crippen LogP contribution in [-0.2, 0) is 0 Å². The van der Waals surface area contributed by atoms with E-state index in [1.165, 1.54) is 0 Å². The van der Waals surface area contributed by atoms with Gasteiger partial charge in [0.1, 0.15) is 0 Å². The van der Waals surface area contributed by atoms with Crippen LogP contribution >= 0.6 is 11.6 Å². The van der Waals surface area contributed by atoms with Gasteiger partial charge in [-0.25, -0.2) is 0 Å². The summed E-state index contributed by atoms with van der Waals surface area (Å²) in [6.45, 7) is 2.06. The Morgan fingerprint density at radius 3 is 2.77 bits per heavy atom. The molecule has 4 rings (SSSR count). The number of fused-ring (bicyclic) bond motifs is 2. The van der Waals surface area contributed by atoms with Gasteiger partial charge in [0.2, 0.25) is 0 Å². The van der Waals surface area contributed by atoms with E-state index >= 15 is 0 Å². The first-order valence-electron chi connectivity index (χ1n) is 8.84. The molecule has 26 heavy (non-hydrogen) atoms. The van der Waals surface area contributed by atoms with Crippen LogP contribution in [0.4, 0.5) is 0 Å². The lowest BCUT2D eigenvalue weighted by molar-refractivity contribution is -0.374. The van der Waals surface area contributed by atoms with Crippen molar-refractivity contribution < 1.29 is 4.92 Å². The van der Waals surface area contributed by atoms with Crippen molar-refractivity contribution in [2.75, 3.05) is 20.1 Å². The van der Waals surface area contributed by atoms with Gasteiger partial charge < -0.3 is 4.90 Å². The monoisotopic (exact) mass is 369 g/mol. The van der Waals surface area contributed by atoms with E-state index < -0.39 is 0 Å². The molecule has 1 atom stereocenters. The predicted molar refractivity (Wildman–Crippen MR) is 103 cm³/mol. The van der Waals surface area contributed by atoms with E-state index in [0.717, 1.165) is 42.8 Å². The summed E-state index contributed by atoms with van der Waals surface area (Å²) in [5, 5.41) is 12.3. The van der Waals surface area contributed by atoms with Gasteiger partial charge >= 0.3 is 0 Å². The third kappa shape index (κ3) is 3.02. The zero-order valence-corrected chi connectivity index (χ0v) is 15.3. The summed E-state index contributed by atoms with van der Waals surface area (Å²) >= 11 is 6.19. The predicted octanol–water partition coefficient (Wildman–Crippen LogP) is 4.30. The molecule has 5 nitrogen and oxygen atoms in total. The number of benzene rings is 1. The first-order chi connectivity index (χ1) is 12.5. The molecule has 0 radical (unpaired) electrons. The number of halogens is 1. The van der Waals surface area contributed by atoms with Crippen LogP contribution in [0.3, 0.4) is 0 Å². The Kier molecular flexibility index (Phi) is 4.51. The molecule has 1 aliphatic carbocycles. The molecular weight excluding hydrogens is 350 g/mol. The van der Waals surface area contributed by atoms with Crippen molar-refractivity contribution in [1.82, 2.24) is 9.88 Å². The summed E-state index contributed by atoms with van der Waals surface area (Å²) in [5.41, 5.74) is 3.43. The Morgan fingerprint density at radius 2 is 2.04 bits per heavy atom. The largest absolute Gasteiger partial charge is 0.306 e. The van der Waals surface area contributed by atoms with E-state index in [0.29, 0.717) is 16.5 Å². The Balaban J connectivity index is 1.93. The number of piperidine rings is 1. The second-order valence-electron chi connectivity index (χ2n) is 7.11. The molecule has 0 amide bonds. The number of rotatable bonds is 2. The third-order valence-corrected chi connectivity index (χ3v) is 5.75. The summed E-state index contributed by atoms with van der Waals surface area (Å²) in [6, 6.07) is 9.25. The standard InChI is InChI=1S/C20H20ClN3O2/c1-23-9-6-13(7-10-23)19-16-5-4-15(21)12-17(16)18(24(25)26)11-14-3-2-8-22-20(14)19/h2-5,8,11-13,19H,6-7,9-10H2,1H3. The van der Waals surface area contributed by atoms with Gasteiger partial charge in [0, 0.05) is 28.8 Å². The zero-order valence-electron chi connectivity index (χ0n) is 14.6. The lowest BCUT2D eigenvalue weighted by Gasteiger charge is -2.35. The normalized spacial score (nSPS) is 20.7. The van der Waals surface area contributed by atoms with Crippen LogP contribution in [0, 0.1) is 16.0 Å². The Hall–Kier alpha value is -2.24. The molecule has 0 N–H and O–H groups in total. The molecule has 6 heteroatoms. The molecule has 1 aliphatic heterocycles. The number of hydrogen-bond acceptors (Lipinski definition) is 4. The summed E-state index contributed by atoms with van der Waals surface area (Å²) in [5.74, 6) is 0.445. The maximum Gasteiger partial charge on any atom is 0.277 e. The summed E-state index contributed by atoms with van der Waals surface area (Å²) < 4.78 is 0. The highest BCUT2D eigenvalue weighted by molar-refractivity contribution is 6.30. The molecule has 1 aromatic heterocycles. The SMILES string of the molecule is CN1CCC(C2c3ccc(Cl)cc3C([N+](=O)[O-])=Cc3cccnc32)CC1. The smallest absolute Gasteiger partial charge is 0.277 e. The van der Waals surface area contributed by atoms with E-state index in [9.17, 15) is 10.1 Å². The topological polar surface area (TPSA) is 59.3 Å². The van der Waals surface area contributed by atoms with Gasteiger partial charge in [0.05, 0.1) is 16.2 Å². The number of pyridine rings is 1. The van der Waals surface area contributed by atoms with Crippen molar-refractivity contribution in [2.45, 2.75) is 18.8 Å². The van der Waals surface area contributed by atoms with Crippen molar-refractivity contribution in [2.24, 2.45) is 5.92 Å². The van der Waals surface area contributed by atoms with Crippen LogP contribution in [0.5, 0.6) is 0 Å².